The van der Waals surface area contributed by atoms with Gasteiger partial charge in [0.15, 0.2) is 0 Å². The van der Waals surface area contributed by atoms with Crippen LogP contribution in [-0.2, 0) is 0 Å². The van der Waals surface area contributed by atoms with E-state index in [-0.39, 0.29) is 6.61 Å². The van der Waals surface area contributed by atoms with Crippen LogP contribution in [0.3, 0.4) is 0 Å². The molecule has 1 aromatic heterocycles. The summed E-state index contributed by atoms with van der Waals surface area (Å²) in [6.07, 6.45) is 7.45. The number of nitrogens with zero attached hydrogens (tertiary/aromatic N) is 1. The summed E-state index contributed by atoms with van der Waals surface area (Å²) in [7, 11) is 0. The molecule has 2 N–H and O–H groups in total. The molecule has 0 amide bonds. The van der Waals surface area contributed by atoms with Crippen molar-refractivity contribution in [3.63, 3.8) is 0 Å². The van der Waals surface area contributed by atoms with Crippen molar-refractivity contribution in [1.82, 2.24) is 4.98 Å². The largest absolute Gasteiger partial charge is 0.396 e. The Balaban J connectivity index is 2.41. The predicted octanol–water partition coefficient (Wildman–Crippen LogP) is 4.35. The molecule has 0 fully saturated rings. The number of aliphatic hydroxyl groups is 2. The molecule has 1 heterocycles. The van der Waals surface area contributed by atoms with Gasteiger partial charge in [0.25, 0.3) is 0 Å². The third-order valence-corrected chi connectivity index (χ3v) is 4.60. The first-order valence-corrected chi connectivity index (χ1v) is 8.85. The fourth-order valence-corrected chi connectivity index (χ4v) is 2.77. The lowest BCUT2D eigenvalue weighted by Crippen LogP contribution is -2.06. The third kappa shape index (κ3) is 7.34. The van der Waals surface area contributed by atoms with Crippen LogP contribution in [0.25, 0.3) is 6.08 Å². The minimum Gasteiger partial charge on any atom is -0.396 e. The monoisotopic (exact) mass is 323 g/mol. The van der Waals surface area contributed by atoms with Gasteiger partial charge in [-0.25, -0.2) is 4.98 Å². The van der Waals surface area contributed by atoms with Gasteiger partial charge < -0.3 is 10.2 Å². The first-order valence-electron chi connectivity index (χ1n) is 7.97. The molecule has 0 aliphatic heterocycles. The Bertz CT molecular complexity index is 505. The highest BCUT2D eigenvalue weighted by molar-refractivity contribution is 7.09. The fourth-order valence-electron chi connectivity index (χ4n) is 2.20. The summed E-state index contributed by atoms with van der Waals surface area (Å²) < 4.78 is 0. The Morgan fingerprint density at radius 2 is 2.14 bits per heavy atom. The molecule has 124 valence electrons. The zero-order valence-corrected chi connectivity index (χ0v) is 15.0. The molecule has 0 saturated heterocycles. The zero-order chi connectivity index (χ0) is 16.5. The molecule has 1 unspecified atom stereocenters. The minimum absolute atomic E-state index is 0.265. The number of aliphatic hydroxyl groups excluding tert-OH is 2. The van der Waals surface area contributed by atoms with Crippen molar-refractivity contribution in [2.24, 2.45) is 5.92 Å². The third-order valence-electron chi connectivity index (χ3n) is 3.81. The van der Waals surface area contributed by atoms with E-state index in [1.54, 1.807) is 11.3 Å². The number of hydrogen-bond acceptors (Lipinski definition) is 4. The molecular formula is C18H29NO2S. The first-order chi connectivity index (χ1) is 10.4. The molecular weight excluding hydrogens is 294 g/mol. The molecule has 22 heavy (non-hydrogen) atoms. The van der Waals surface area contributed by atoms with Crippen molar-refractivity contribution in [3.8, 4) is 0 Å². The Labute approximate surface area is 138 Å². The number of aryl methyl sites for hydroxylation is 1. The molecule has 0 aliphatic carbocycles. The summed E-state index contributed by atoms with van der Waals surface area (Å²) >= 11 is 1.62. The molecule has 0 spiro atoms. The van der Waals surface area contributed by atoms with Crippen LogP contribution in [0.1, 0.15) is 57.2 Å². The van der Waals surface area contributed by atoms with Crippen LogP contribution in [0.15, 0.2) is 22.6 Å². The zero-order valence-electron chi connectivity index (χ0n) is 14.2. The van der Waals surface area contributed by atoms with Crippen LogP contribution in [-0.4, -0.2) is 27.9 Å². The van der Waals surface area contributed by atoms with Gasteiger partial charge in [-0.15, -0.1) is 11.3 Å². The maximum Gasteiger partial charge on any atom is 0.0901 e. The summed E-state index contributed by atoms with van der Waals surface area (Å²) in [6, 6.07) is 0. The number of aromatic nitrogens is 1. The molecule has 0 bridgehead atoms. The first kappa shape index (κ1) is 19.1. The second-order valence-corrected chi connectivity index (χ2v) is 7.22. The van der Waals surface area contributed by atoms with E-state index in [1.807, 2.05) is 25.3 Å². The van der Waals surface area contributed by atoms with Crippen LogP contribution in [0, 0.1) is 12.8 Å². The van der Waals surface area contributed by atoms with Gasteiger partial charge in [-0.3, -0.25) is 0 Å². The van der Waals surface area contributed by atoms with Crippen LogP contribution < -0.4 is 0 Å². The summed E-state index contributed by atoms with van der Waals surface area (Å²) in [6.45, 7) is 8.38. The van der Waals surface area contributed by atoms with Crippen molar-refractivity contribution in [2.45, 2.75) is 59.5 Å². The normalized spacial score (nSPS) is 15.9. The van der Waals surface area contributed by atoms with Gasteiger partial charge in [-0.1, -0.05) is 18.6 Å². The van der Waals surface area contributed by atoms with Crippen LogP contribution in [0.4, 0.5) is 0 Å². The van der Waals surface area contributed by atoms with Crippen LogP contribution in [0.2, 0.25) is 0 Å². The van der Waals surface area contributed by atoms with Gasteiger partial charge in [-0.2, -0.15) is 0 Å². The fraction of sp³-hybridized carbons (Fsp3) is 0.611. The van der Waals surface area contributed by atoms with Gasteiger partial charge in [0.1, 0.15) is 0 Å². The second kappa shape index (κ2) is 9.93. The molecule has 1 rings (SSSR count). The molecule has 4 heteroatoms. The molecule has 2 atom stereocenters. The maximum atomic E-state index is 10.2. The Kier molecular flexibility index (Phi) is 8.61. The molecule has 1 aromatic rings. The van der Waals surface area contributed by atoms with E-state index < -0.39 is 6.10 Å². The van der Waals surface area contributed by atoms with E-state index >= 15 is 0 Å². The van der Waals surface area contributed by atoms with Crippen LogP contribution >= 0.6 is 11.3 Å². The predicted molar refractivity (Wildman–Crippen MR) is 95.0 cm³/mol. The molecule has 0 aliphatic rings. The number of rotatable bonds is 9. The summed E-state index contributed by atoms with van der Waals surface area (Å²) in [4.78, 5) is 4.39. The lowest BCUT2D eigenvalue weighted by atomic mass is 10.0. The average Bonchev–Trinajstić information content (AvgIpc) is 2.89. The summed E-state index contributed by atoms with van der Waals surface area (Å²) in [5, 5.41) is 22.3. The smallest absolute Gasteiger partial charge is 0.0901 e. The summed E-state index contributed by atoms with van der Waals surface area (Å²) in [5.74, 6) is 0.380. The topological polar surface area (TPSA) is 53.4 Å². The Morgan fingerprint density at radius 3 is 2.73 bits per heavy atom. The van der Waals surface area contributed by atoms with E-state index in [2.05, 4.69) is 24.9 Å². The quantitative estimate of drug-likeness (QED) is 0.664. The Morgan fingerprint density at radius 1 is 1.41 bits per heavy atom. The van der Waals surface area contributed by atoms with E-state index in [4.69, 9.17) is 5.11 Å². The molecule has 0 radical (unpaired) electrons. The maximum absolute atomic E-state index is 10.2. The number of thiazole rings is 1. The highest BCUT2D eigenvalue weighted by atomic mass is 32.1. The lowest BCUT2D eigenvalue weighted by Gasteiger charge is -2.10. The van der Waals surface area contributed by atoms with Crippen molar-refractivity contribution in [3.05, 3.63) is 33.3 Å². The second-order valence-electron chi connectivity index (χ2n) is 6.16. The van der Waals surface area contributed by atoms with Gasteiger partial charge in [0, 0.05) is 12.0 Å². The SMILES string of the molecule is CC(=CC[C@H](O)/C(C)=C/c1csc(C)n1)CCCC(C)CO. The van der Waals surface area contributed by atoms with Gasteiger partial charge in [0.05, 0.1) is 16.8 Å². The number of hydrogen-bond donors (Lipinski definition) is 2. The lowest BCUT2D eigenvalue weighted by molar-refractivity contribution is 0.215. The van der Waals surface area contributed by atoms with E-state index in [9.17, 15) is 5.11 Å². The molecule has 0 aromatic carbocycles. The standard InChI is InChI=1S/C18H29NO2S/c1-13(6-5-7-14(2)11-20)8-9-18(21)15(3)10-17-12-22-16(4)19-17/h8,10,12,14,18,20-21H,5-7,9,11H2,1-4H3/b13-8?,15-10+/t14?,18-/m0/s1. The minimum atomic E-state index is -0.451. The van der Waals surface area contributed by atoms with Crippen molar-refractivity contribution in [2.75, 3.05) is 6.61 Å². The van der Waals surface area contributed by atoms with Crippen molar-refractivity contribution < 1.29 is 10.2 Å². The van der Waals surface area contributed by atoms with Crippen molar-refractivity contribution in [1.29, 1.82) is 0 Å². The molecule has 0 saturated carbocycles. The van der Waals surface area contributed by atoms with Gasteiger partial charge in [-0.05, 0) is 64.0 Å². The Hall–Kier alpha value is -0.970. The number of allylic oxidation sites excluding steroid dienone is 1. The van der Waals surface area contributed by atoms with E-state index in [1.165, 1.54) is 5.57 Å². The van der Waals surface area contributed by atoms with Gasteiger partial charge >= 0.3 is 0 Å². The van der Waals surface area contributed by atoms with Crippen LogP contribution in [0.5, 0.6) is 0 Å². The van der Waals surface area contributed by atoms with E-state index in [0.29, 0.717) is 12.3 Å². The highest BCUT2D eigenvalue weighted by Gasteiger charge is 2.06. The molecule has 3 nitrogen and oxygen atoms in total. The van der Waals surface area contributed by atoms with Crippen molar-refractivity contribution >= 4 is 17.4 Å². The average molecular weight is 324 g/mol. The summed E-state index contributed by atoms with van der Waals surface area (Å²) in [5.41, 5.74) is 3.18. The van der Waals surface area contributed by atoms with E-state index in [0.717, 1.165) is 35.5 Å². The van der Waals surface area contributed by atoms with Gasteiger partial charge in [0.2, 0.25) is 0 Å². The highest BCUT2D eigenvalue weighted by Crippen LogP contribution is 2.17.